The van der Waals surface area contributed by atoms with Crippen LogP contribution >= 0.6 is 24.0 Å². The predicted molar refractivity (Wildman–Crippen MR) is 80.2 cm³/mol. The molecule has 20 heavy (non-hydrogen) atoms. The van der Waals surface area contributed by atoms with E-state index in [0.29, 0.717) is 30.5 Å². The molecule has 0 saturated carbocycles. The molecule has 2 rings (SSSR count). The maximum atomic E-state index is 12.2. The van der Waals surface area contributed by atoms with E-state index < -0.39 is 0 Å². The number of nitrogens with zero attached hydrogens (tertiary/aromatic N) is 2. The molecule has 0 radical (unpaired) electrons. The third-order valence-corrected chi connectivity index (χ3v) is 4.14. The van der Waals surface area contributed by atoms with Gasteiger partial charge in [0.2, 0.25) is 11.1 Å². The van der Waals surface area contributed by atoms with Gasteiger partial charge in [-0.3, -0.25) is 4.79 Å². The van der Waals surface area contributed by atoms with Crippen molar-refractivity contribution in [2.24, 2.45) is 11.7 Å². The summed E-state index contributed by atoms with van der Waals surface area (Å²) >= 11 is 5.89. The summed E-state index contributed by atoms with van der Waals surface area (Å²) in [5.41, 5.74) is 7.26. The van der Waals surface area contributed by atoms with E-state index in [9.17, 15) is 4.79 Å². The minimum Gasteiger partial charge on any atom is -0.344 e. The van der Waals surface area contributed by atoms with Crippen molar-refractivity contribution in [1.82, 2.24) is 10.1 Å². The van der Waals surface area contributed by atoms with Gasteiger partial charge in [0.25, 0.3) is 0 Å². The Balaban J connectivity index is 0.00000200. The summed E-state index contributed by atoms with van der Waals surface area (Å²) in [6.07, 6.45) is 2.00. The highest BCUT2D eigenvalue weighted by Crippen LogP contribution is 2.25. The molecule has 0 aliphatic carbocycles. The van der Waals surface area contributed by atoms with Crippen molar-refractivity contribution in [3.05, 3.63) is 16.5 Å². The van der Waals surface area contributed by atoms with Crippen LogP contribution in [-0.2, 0) is 11.2 Å². The number of carbonyl (C=O) groups excluding carboxylic acids is 1. The molecule has 1 saturated heterocycles. The molecule has 0 spiro atoms. The van der Waals surface area contributed by atoms with Crippen LogP contribution in [0.15, 0.2) is 4.52 Å². The van der Waals surface area contributed by atoms with Gasteiger partial charge in [0.05, 0.1) is 5.69 Å². The highest BCUT2D eigenvalue weighted by Gasteiger charge is 2.31. The zero-order valence-electron chi connectivity index (χ0n) is 11.8. The number of rotatable bonds is 4. The fraction of sp³-hybridized carbons (Fsp3) is 0.692. The van der Waals surface area contributed by atoms with Gasteiger partial charge < -0.3 is 15.2 Å². The first-order chi connectivity index (χ1) is 9.02. The normalized spacial score (nSPS) is 21.9. The van der Waals surface area contributed by atoms with Crippen LogP contribution in [0.25, 0.3) is 0 Å². The van der Waals surface area contributed by atoms with E-state index in [2.05, 4.69) is 12.1 Å². The van der Waals surface area contributed by atoms with E-state index in [0.717, 1.165) is 24.2 Å². The Morgan fingerprint density at radius 1 is 1.60 bits per heavy atom. The number of aromatic nitrogens is 1. The summed E-state index contributed by atoms with van der Waals surface area (Å²) in [5.74, 6) is 0.583. The number of hydrogen-bond acceptors (Lipinski definition) is 4. The third-order valence-electron chi connectivity index (χ3n) is 3.84. The van der Waals surface area contributed by atoms with Gasteiger partial charge in [0.1, 0.15) is 0 Å². The first kappa shape index (κ1) is 17.3. The van der Waals surface area contributed by atoms with Crippen LogP contribution in [0.5, 0.6) is 0 Å². The lowest BCUT2D eigenvalue weighted by molar-refractivity contribution is -0.131. The quantitative estimate of drug-likeness (QED) is 0.922. The minimum atomic E-state index is 0. The van der Waals surface area contributed by atoms with Crippen LogP contribution in [0.4, 0.5) is 0 Å². The number of nitrogens with two attached hydrogens (primary N) is 1. The summed E-state index contributed by atoms with van der Waals surface area (Å²) in [6, 6.07) is 0.278. The number of halogens is 2. The second-order valence-electron chi connectivity index (χ2n) is 5.25. The fourth-order valence-corrected chi connectivity index (χ4v) is 2.94. The summed E-state index contributed by atoms with van der Waals surface area (Å²) in [6.45, 7) is 5.32. The molecule has 1 aliphatic heterocycles. The Morgan fingerprint density at radius 2 is 2.30 bits per heavy atom. The standard InChI is InChI=1S/C13H20ClN3O2.ClH/c1-8-5-10(6-15)7-17(8)12(18)4-3-11-9(2)16-19-13(11)14;/h8,10H,3-7,15H2,1-2H3;1H. The Bertz CT molecular complexity index is 445. The number of likely N-dealkylation sites (tertiary alicyclic amines) is 1. The number of hydrogen-bond donors (Lipinski definition) is 1. The molecular weight excluding hydrogens is 301 g/mol. The van der Waals surface area contributed by atoms with Crippen molar-refractivity contribution in [3.63, 3.8) is 0 Å². The maximum absolute atomic E-state index is 12.2. The highest BCUT2D eigenvalue weighted by atomic mass is 35.5. The van der Waals surface area contributed by atoms with E-state index in [1.54, 1.807) is 0 Å². The van der Waals surface area contributed by atoms with Crippen LogP contribution in [0, 0.1) is 12.8 Å². The molecule has 1 fully saturated rings. The van der Waals surface area contributed by atoms with Crippen molar-refractivity contribution >= 4 is 29.9 Å². The van der Waals surface area contributed by atoms with Gasteiger partial charge in [-0.05, 0) is 50.8 Å². The van der Waals surface area contributed by atoms with Crippen molar-refractivity contribution < 1.29 is 9.32 Å². The summed E-state index contributed by atoms with van der Waals surface area (Å²) < 4.78 is 4.88. The van der Waals surface area contributed by atoms with Crippen LogP contribution in [0.2, 0.25) is 5.22 Å². The van der Waals surface area contributed by atoms with Gasteiger partial charge in [-0.15, -0.1) is 12.4 Å². The molecule has 2 unspecified atom stereocenters. The molecule has 0 bridgehead atoms. The Kier molecular flexibility index (Phi) is 6.30. The van der Waals surface area contributed by atoms with E-state index in [1.807, 2.05) is 11.8 Å². The van der Waals surface area contributed by atoms with Crippen LogP contribution in [-0.4, -0.2) is 35.1 Å². The summed E-state index contributed by atoms with van der Waals surface area (Å²) in [7, 11) is 0. The molecule has 1 aromatic rings. The lowest BCUT2D eigenvalue weighted by Crippen LogP contribution is -2.34. The molecule has 0 aromatic carbocycles. The molecule has 2 atom stereocenters. The largest absolute Gasteiger partial charge is 0.344 e. The van der Waals surface area contributed by atoms with E-state index >= 15 is 0 Å². The number of carbonyl (C=O) groups is 1. The van der Waals surface area contributed by atoms with Gasteiger partial charge in [-0.25, -0.2) is 0 Å². The molecule has 1 aliphatic rings. The van der Waals surface area contributed by atoms with Gasteiger partial charge >= 0.3 is 0 Å². The topological polar surface area (TPSA) is 72.4 Å². The predicted octanol–water partition coefficient (Wildman–Crippen LogP) is 2.19. The zero-order valence-corrected chi connectivity index (χ0v) is 13.3. The van der Waals surface area contributed by atoms with Gasteiger partial charge in [-0.1, -0.05) is 5.16 Å². The summed E-state index contributed by atoms with van der Waals surface area (Å²) in [5, 5.41) is 4.07. The highest BCUT2D eigenvalue weighted by molar-refractivity contribution is 6.29. The SMILES string of the molecule is Cc1noc(Cl)c1CCC(=O)N1CC(CN)CC1C.Cl. The number of amides is 1. The van der Waals surface area contributed by atoms with Gasteiger partial charge in [-0.2, -0.15) is 0 Å². The van der Waals surface area contributed by atoms with E-state index in [1.165, 1.54) is 0 Å². The van der Waals surface area contributed by atoms with Crippen molar-refractivity contribution in [2.75, 3.05) is 13.1 Å². The van der Waals surface area contributed by atoms with Crippen molar-refractivity contribution in [3.8, 4) is 0 Å². The molecule has 2 N–H and O–H groups in total. The van der Waals surface area contributed by atoms with Crippen LogP contribution in [0.1, 0.15) is 31.0 Å². The second-order valence-corrected chi connectivity index (χ2v) is 5.60. The maximum Gasteiger partial charge on any atom is 0.229 e. The second kappa shape index (κ2) is 7.29. The molecule has 1 aromatic heterocycles. The Labute approximate surface area is 130 Å². The lowest BCUT2D eigenvalue weighted by atomic mass is 10.1. The van der Waals surface area contributed by atoms with E-state index in [-0.39, 0.29) is 24.4 Å². The van der Waals surface area contributed by atoms with Gasteiger partial charge in [0.15, 0.2) is 0 Å². The average molecular weight is 322 g/mol. The summed E-state index contributed by atoms with van der Waals surface area (Å²) in [4.78, 5) is 14.2. The Hall–Kier alpha value is -0.780. The van der Waals surface area contributed by atoms with Crippen molar-refractivity contribution in [2.45, 2.75) is 39.2 Å². The fourth-order valence-electron chi connectivity index (χ4n) is 2.68. The molecule has 5 nitrogen and oxygen atoms in total. The lowest BCUT2D eigenvalue weighted by Gasteiger charge is -2.21. The molecule has 1 amide bonds. The van der Waals surface area contributed by atoms with Crippen molar-refractivity contribution in [1.29, 1.82) is 0 Å². The molecule has 7 heteroatoms. The average Bonchev–Trinajstić information content (AvgIpc) is 2.91. The molecule has 114 valence electrons. The van der Waals surface area contributed by atoms with Gasteiger partial charge in [0, 0.05) is 24.6 Å². The monoisotopic (exact) mass is 321 g/mol. The zero-order chi connectivity index (χ0) is 14.0. The number of aryl methyl sites for hydroxylation is 1. The third kappa shape index (κ3) is 3.65. The van der Waals surface area contributed by atoms with Crippen LogP contribution in [0.3, 0.4) is 0 Å². The van der Waals surface area contributed by atoms with Crippen LogP contribution < -0.4 is 5.73 Å². The molecular formula is C13H21Cl2N3O2. The smallest absolute Gasteiger partial charge is 0.229 e. The molecule has 2 heterocycles. The van der Waals surface area contributed by atoms with E-state index in [4.69, 9.17) is 21.9 Å². The minimum absolute atomic E-state index is 0. The first-order valence-electron chi connectivity index (χ1n) is 6.63. The first-order valence-corrected chi connectivity index (χ1v) is 7.01. The Morgan fingerprint density at radius 3 is 2.80 bits per heavy atom.